The molecule has 3 heteroatoms. The number of unbranched alkanes of at least 4 members (excludes halogenated alkanes) is 20. The second kappa shape index (κ2) is 31.9. The summed E-state index contributed by atoms with van der Waals surface area (Å²) in [4.78, 5) is 0. The molecule has 0 atom stereocenters. The lowest BCUT2D eigenvalue weighted by Gasteiger charge is -2.07. The van der Waals surface area contributed by atoms with Crippen LogP contribution in [0.3, 0.4) is 0 Å². The van der Waals surface area contributed by atoms with Crippen molar-refractivity contribution in [2.24, 2.45) is 0 Å². The first kappa shape index (κ1) is 32.9. The van der Waals surface area contributed by atoms with E-state index in [1.165, 1.54) is 141 Å². The van der Waals surface area contributed by atoms with E-state index in [0.717, 1.165) is 26.4 Å². The van der Waals surface area contributed by atoms with E-state index >= 15 is 0 Å². The van der Waals surface area contributed by atoms with Crippen LogP contribution < -0.4 is 0 Å². The molecule has 0 aromatic carbocycles. The van der Waals surface area contributed by atoms with E-state index in [1.54, 1.807) is 0 Å². The summed E-state index contributed by atoms with van der Waals surface area (Å²) in [5.74, 6) is 0. The summed E-state index contributed by atoms with van der Waals surface area (Å²) in [6, 6.07) is 0. The van der Waals surface area contributed by atoms with Crippen molar-refractivity contribution in [3.05, 3.63) is 0 Å². The van der Waals surface area contributed by atoms with Gasteiger partial charge in [-0.15, -0.1) is 0 Å². The molecule has 0 aliphatic heterocycles. The normalized spacial score (nSPS) is 11.5. The van der Waals surface area contributed by atoms with Crippen LogP contribution in [-0.2, 0) is 14.2 Å². The topological polar surface area (TPSA) is 27.7 Å². The SMILES string of the molecule is CCCCCCCCCCCCCCOCCOCCOCCCCCCCCCCCC. The highest BCUT2D eigenvalue weighted by Gasteiger charge is 1.96. The highest BCUT2D eigenvalue weighted by molar-refractivity contribution is 4.49. The Morgan fingerprint density at radius 1 is 0.242 bits per heavy atom. The summed E-state index contributed by atoms with van der Waals surface area (Å²) in [5, 5.41) is 0. The summed E-state index contributed by atoms with van der Waals surface area (Å²) in [6.07, 6.45) is 30.4. The van der Waals surface area contributed by atoms with E-state index in [1.807, 2.05) is 0 Å². The molecule has 0 saturated heterocycles. The molecule has 0 saturated carbocycles. The molecule has 0 amide bonds. The zero-order chi connectivity index (χ0) is 23.9. The zero-order valence-corrected chi connectivity index (χ0v) is 23.0. The second-order valence-corrected chi connectivity index (χ2v) is 9.91. The molecule has 0 bridgehead atoms. The zero-order valence-electron chi connectivity index (χ0n) is 23.0. The largest absolute Gasteiger partial charge is 0.379 e. The third-order valence-electron chi connectivity index (χ3n) is 6.53. The van der Waals surface area contributed by atoms with Crippen molar-refractivity contribution in [2.75, 3.05) is 39.6 Å². The van der Waals surface area contributed by atoms with E-state index in [2.05, 4.69) is 13.8 Å². The van der Waals surface area contributed by atoms with Crippen LogP contribution in [0.25, 0.3) is 0 Å². The van der Waals surface area contributed by atoms with Crippen LogP contribution in [0.4, 0.5) is 0 Å². The van der Waals surface area contributed by atoms with Gasteiger partial charge in [0.2, 0.25) is 0 Å². The van der Waals surface area contributed by atoms with Crippen LogP contribution in [0.1, 0.15) is 155 Å². The van der Waals surface area contributed by atoms with Crippen molar-refractivity contribution in [3.8, 4) is 0 Å². The Morgan fingerprint density at radius 2 is 0.455 bits per heavy atom. The first-order valence-electron chi connectivity index (χ1n) is 15.1. The van der Waals surface area contributed by atoms with Crippen molar-refractivity contribution in [3.63, 3.8) is 0 Å². The summed E-state index contributed by atoms with van der Waals surface area (Å²) in [7, 11) is 0. The Labute approximate surface area is 209 Å². The standard InChI is InChI=1S/C30H62O3/c1-3-5-7-9-11-13-15-16-18-20-22-24-26-32-28-30-33-29-27-31-25-23-21-19-17-14-12-10-8-6-4-2/h3-30H2,1-2H3. The van der Waals surface area contributed by atoms with Gasteiger partial charge in [0.05, 0.1) is 26.4 Å². The van der Waals surface area contributed by atoms with Gasteiger partial charge in [-0.2, -0.15) is 0 Å². The molecule has 0 heterocycles. The van der Waals surface area contributed by atoms with Gasteiger partial charge < -0.3 is 14.2 Å². The van der Waals surface area contributed by atoms with E-state index in [9.17, 15) is 0 Å². The molecule has 0 spiro atoms. The van der Waals surface area contributed by atoms with Crippen LogP contribution in [0.2, 0.25) is 0 Å². The molecule has 0 rings (SSSR count). The summed E-state index contributed by atoms with van der Waals surface area (Å²) < 4.78 is 16.9. The molecule has 0 aliphatic rings. The second-order valence-electron chi connectivity index (χ2n) is 9.91. The molecule has 0 aromatic heterocycles. The Bertz CT molecular complexity index is 292. The van der Waals surface area contributed by atoms with Gasteiger partial charge in [0.15, 0.2) is 0 Å². The Balaban J connectivity index is 2.99. The predicted molar refractivity (Wildman–Crippen MR) is 145 cm³/mol. The Morgan fingerprint density at radius 3 is 0.727 bits per heavy atom. The fourth-order valence-electron chi connectivity index (χ4n) is 4.28. The van der Waals surface area contributed by atoms with Crippen LogP contribution in [0.15, 0.2) is 0 Å². The fraction of sp³-hybridized carbons (Fsp3) is 1.00. The lowest BCUT2D eigenvalue weighted by atomic mass is 10.1. The molecule has 0 fully saturated rings. The van der Waals surface area contributed by atoms with Crippen molar-refractivity contribution in [1.29, 1.82) is 0 Å². The van der Waals surface area contributed by atoms with E-state index in [4.69, 9.17) is 14.2 Å². The molecule has 33 heavy (non-hydrogen) atoms. The quantitative estimate of drug-likeness (QED) is 0.0978. The van der Waals surface area contributed by atoms with Gasteiger partial charge in [-0.05, 0) is 12.8 Å². The lowest BCUT2D eigenvalue weighted by molar-refractivity contribution is 0.0132. The highest BCUT2D eigenvalue weighted by atomic mass is 16.5. The Hall–Kier alpha value is -0.120. The summed E-state index contributed by atoms with van der Waals surface area (Å²) in [6.45, 7) is 9.16. The van der Waals surface area contributed by atoms with Crippen molar-refractivity contribution < 1.29 is 14.2 Å². The van der Waals surface area contributed by atoms with Gasteiger partial charge >= 0.3 is 0 Å². The number of hydrogen-bond acceptors (Lipinski definition) is 3. The number of hydrogen-bond donors (Lipinski definition) is 0. The predicted octanol–water partition coefficient (Wildman–Crippen LogP) is 9.66. The van der Waals surface area contributed by atoms with Crippen molar-refractivity contribution >= 4 is 0 Å². The third kappa shape index (κ3) is 31.9. The van der Waals surface area contributed by atoms with Crippen molar-refractivity contribution in [2.45, 2.75) is 155 Å². The summed E-state index contributed by atoms with van der Waals surface area (Å²) >= 11 is 0. The van der Waals surface area contributed by atoms with Gasteiger partial charge in [0, 0.05) is 13.2 Å². The van der Waals surface area contributed by atoms with Gasteiger partial charge in [-0.3, -0.25) is 0 Å². The molecule has 0 aromatic rings. The molecule has 200 valence electrons. The van der Waals surface area contributed by atoms with Crippen molar-refractivity contribution in [1.82, 2.24) is 0 Å². The minimum atomic E-state index is 0.694. The molecular weight excluding hydrogens is 408 g/mol. The van der Waals surface area contributed by atoms with Gasteiger partial charge in [-0.25, -0.2) is 0 Å². The maximum absolute atomic E-state index is 5.68. The van der Waals surface area contributed by atoms with Crippen LogP contribution in [-0.4, -0.2) is 39.6 Å². The highest BCUT2D eigenvalue weighted by Crippen LogP contribution is 2.12. The number of ether oxygens (including phenoxy) is 3. The number of rotatable bonds is 30. The maximum Gasteiger partial charge on any atom is 0.0701 e. The third-order valence-corrected chi connectivity index (χ3v) is 6.53. The minimum absolute atomic E-state index is 0.694. The molecule has 0 unspecified atom stereocenters. The average Bonchev–Trinajstić information content (AvgIpc) is 2.83. The van der Waals surface area contributed by atoms with Gasteiger partial charge in [0.1, 0.15) is 0 Å². The van der Waals surface area contributed by atoms with Crippen LogP contribution in [0.5, 0.6) is 0 Å². The molecule has 0 aliphatic carbocycles. The molecule has 0 radical (unpaired) electrons. The van der Waals surface area contributed by atoms with E-state index in [-0.39, 0.29) is 0 Å². The summed E-state index contributed by atoms with van der Waals surface area (Å²) in [5.41, 5.74) is 0. The monoisotopic (exact) mass is 470 g/mol. The minimum Gasteiger partial charge on any atom is -0.379 e. The van der Waals surface area contributed by atoms with Gasteiger partial charge in [0.25, 0.3) is 0 Å². The smallest absolute Gasteiger partial charge is 0.0701 e. The van der Waals surface area contributed by atoms with E-state index in [0.29, 0.717) is 13.2 Å². The lowest BCUT2D eigenvalue weighted by Crippen LogP contribution is -2.10. The maximum atomic E-state index is 5.68. The Kier molecular flexibility index (Phi) is 31.8. The first-order valence-corrected chi connectivity index (χ1v) is 15.1. The molecule has 0 N–H and O–H groups in total. The van der Waals surface area contributed by atoms with E-state index < -0.39 is 0 Å². The molecule has 3 nitrogen and oxygen atoms in total. The van der Waals surface area contributed by atoms with Crippen LogP contribution in [0, 0.1) is 0 Å². The first-order chi connectivity index (χ1) is 16.4. The average molecular weight is 471 g/mol. The van der Waals surface area contributed by atoms with Gasteiger partial charge in [-0.1, -0.05) is 142 Å². The molecular formula is C30H62O3. The van der Waals surface area contributed by atoms with Crippen LogP contribution >= 0.6 is 0 Å². The fourth-order valence-corrected chi connectivity index (χ4v) is 4.28.